The monoisotopic (exact) mass is 270 g/mol. The van der Waals surface area contributed by atoms with E-state index in [1.165, 1.54) is 6.07 Å². The lowest BCUT2D eigenvalue weighted by molar-refractivity contribution is 0.170. The van der Waals surface area contributed by atoms with Gasteiger partial charge in [0.1, 0.15) is 5.82 Å². The molecule has 0 fully saturated rings. The number of ether oxygens (including phenoxy) is 2. The Labute approximate surface area is 114 Å². The number of hydrogen-bond donors (Lipinski definition) is 1. The number of nitrogens with zero attached hydrogens (tertiary/aromatic N) is 1. The normalized spacial score (nSPS) is 12.5. The Morgan fingerprint density at radius 1 is 1.32 bits per heavy atom. The van der Waals surface area contributed by atoms with Crippen molar-refractivity contribution in [2.24, 2.45) is 5.73 Å². The van der Waals surface area contributed by atoms with Gasteiger partial charge < -0.3 is 20.1 Å². The van der Waals surface area contributed by atoms with Gasteiger partial charge in [-0.1, -0.05) is 6.07 Å². The van der Waals surface area contributed by atoms with E-state index >= 15 is 0 Å². The van der Waals surface area contributed by atoms with Crippen LogP contribution >= 0.6 is 0 Å². The van der Waals surface area contributed by atoms with Gasteiger partial charge in [-0.2, -0.15) is 0 Å². The highest BCUT2D eigenvalue weighted by Crippen LogP contribution is 2.22. The molecule has 0 aromatic heterocycles. The topological polar surface area (TPSA) is 47.7 Å². The predicted octanol–water partition coefficient (Wildman–Crippen LogP) is 1.77. The summed E-state index contributed by atoms with van der Waals surface area (Å²) in [7, 11) is 3.27. The summed E-state index contributed by atoms with van der Waals surface area (Å²) in [6.07, 6.45) is 0. The van der Waals surface area contributed by atoms with Crippen LogP contribution in [0.1, 0.15) is 12.5 Å². The van der Waals surface area contributed by atoms with Gasteiger partial charge in [-0.05, 0) is 24.6 Å². The molecule has 0 aliphatic heterocycles. The summed E-state index contributed by atoms with van der Waals surface area (Å²) in [5.74, 6) is -0.262. The minimum absolute atomic E-state index is 0.0679. The molecule has 1 aromatic carbocycles. The number of hydrogen-bond acceptors (Lipinski definition) is 4. The first-order chi connectivity index (χ1) is 9.13. The molecule has 1 rings (SSSR count). The van der Waals surface area contributed by atoms with Gasteiger partial charge in [0.2, 0.25) is 0 Å². The summed E-state index contributed by atoms with van der Waals surface area (Å²) in [4.78, 5) is 1.95. The van der Waals surface area contributed by atoms with E-state index in [1.807, 2.05) is 17.9 Å². The molecule has 5 heteroatoms. The zero-order valence-corrected chi connectivity index (χ0v) is 11.9. The van der Waals surface area contributed by atoms with Gasteiger partial charge in [-0.3, -0.25) is 0 Å². The summed E-state index contributed by atoms with van der Waals surface area (Å²) in [5.41, 5.74) is 6.85. The van der Waals surface area contributed by atoms with Crippen LogP contribution in [0.4, 0.5) is 10.1 Å². The standard InChI is InChI=1S/C14H23FN2O2/c1-11(10-19-3)17(6-7-18-2)14-5-4-12(9-16)8-13(14)15/h4-5,8,11H,6-7,9-10,16H2,1-3H3. The van der Waals surface area contributed by atoms with Crippen LogP contribution in [0, 0.1) is 5.82 Å². The Kier molecular flexibility index (Phi) is 6.77. The van der Waals surface area contributed by atoms with Crippen molar-refractivity contribution in [1.29, 1.82) is 0 Å². The van der Waals surface area contributed by atoms with E-state index < -0.39 is 0 Å². The molecule has 1 atom stereocenters. The Morgan fingerprint density at radius 2 is 2.05 bits per heavy atom. The third-order valence-corrected chi connectivity index (χ3v) is 3.03. The van der Waals surface area contributed by atoms with Crippen molar-refractivity contribution in [2.45, 2.75) is 19.5 Å². The lowest BCUT2D eigenvalue weighted by Crippen LogP contribution is -2.39. The number of rotatable bonds is 8. The summed E-state index contributed by atoms with van der Waals surface area (Å²) in [6.45, 7) is 4.01. The number of nitrogens with two attached hydrogens (primary N) is 1. The molecule has 0 radical (unpaired) electrons. The fourth-order valence-corrected chi connectivity index (χ4v) is 2.01. The molecule has 2 N–H and O–H groups in total. The van der Waals surface area contributed by atoms with Crippen LogP contribution in [-0.2, 0) is 16.0 Å². The third-order valence-electron chi connectivity index (χ3n) is 3.03. The Hall–Kier alpha value is -1.17. The average Bonchev–Trinajstić information content (AvgIpc) is 2.40. The van der Waals surface area contributed by atoms with Gasteiger partial charge in [-0.15, -0.1) is 0 Å². The van der Waals surface area contributed by atoms with E-state index in [0.29, 0.717) is 32.0 Å². The minimum atomic E-state index is -0.262. The second kappa shape index (κ2) is 8.09. The van der Waals surface area contributed by atoms with Gasteiger partial charge >= 0.3 is 0 Å². The van der Waals surface area contributed by atoms with Crippen molar-refractivity contribution in [3.05, 3.63) is 29.6 Å². The van der Waals surface area contributed by atoms with Crippen LogP contribution < -0.4 is 10.6 Å². The van der Waals surface area contributed by atoms with Crippen molar-refractivity contribution in [1.82, 2.24) is 0 Å². The fourth-order valence-electron chi connectivity index (χ4n) is 2.01. The van der Waals surface area contributed by atoms with Crippen LogP contribution in [0.5, 0.6) is 0 Å². The third kappa shape index (κ3) is 4.45. The molecule has 1 unspecified atom stereocenters. The number of methoxy groups -OCH3 is 2. The summed E-state index contributed by atoms with van der Waals surface area (Å²) >= 11 is 0. The average molecular weight is 270 g/mol. The largest absolute Gasteiger partial charge is 0.383 e. The maximum atomic E-state index is 14.1. The van der Waals surface area contributed by atoms with Gasteiger partial charge in [-0.25, -0.2) is 4.39 Å². The van der Waals surface area contributed by atoms with E-state index in [2.05, 4.69) is 0 Å². The smallest absolute Gasteiger partial charge is 0.146 e. The quantitative estimate of drug-likeness (QED) is 0.782. The lowest BCUT2D eigenvalue weighted by atomic mass is 10.1. The second-order valence-electron chi connectivity index (χ2n) is 4.48. The molecule has 0 bridgehead atoms. The second-order valence-corrected chi connectivity index (χ2v) is 4.48. The van der Waals surface area contributed by atoms with E-state index in [9.17, 15) is 4.39 Å². The molecule has 0 aliphatic carbocycles. The lowest BCUT2D eigenvalue weighted by Gasteiger charge is -2.31. The highest BCUT2D eigenvalue weighted by molar-refractivity contribution is 5.50. The molecule has 19 heavy (non-hydrogen) atoms. The molecular weight excluding hydrogens is 247 g/mol. The number of halogens is 1. The van der Waals surface area contributed by atoms with E-state index in [-0.39, 0.29) is 11.9 Å². The number of benzene rings is 1. The Balaban J connectivity index is 2.95. The van der Waals surface area contributed by atoms with Crippen molar-refractivity contribution in [3.63, 3.8) is 0 Å². The van der Waals surface area contributed by atoms with E-state index in [0.717, 1.165) is 5.56 Å². The summed E-state index contributed by atoms with van der Waals surface area (Å²) < 4.78 is 24.4. The van der Waals surface area contributed by atoms with Crippen molar-refractivity contribution in [3.8, 4) is 0 Å². The highest BCUT2D eigenvalue weighted by atomic mass is 19.1. The summed E-state index contributed by atoms with van der Waals surface area (Å²) in [6, 6.07) is 5.16. The van der Waals surface area contributed by atoms with Crippen molar-refractivity contribution >= 4 is 5.69 Å². The Morgan fingerprint density at radius 3 is 2.58 bits per heavy atom. The van der Waals surface area contributed by atoms with Gasteiger partial charge in [0.25, 0.3) is 0 Å². The molecular formula is C14H23FN2O2. The van der Waals surface area contributed by atoms with E-state index in [4.69, 9.17) is 15.2 Å². The van der Waals surface area contributed by atoms with Crippen LogP contribution in [0.3, 0.4) is 0 Å². The van der Waals surface area contributed by atoms with Crippen molar-refractivity contribution < 1.29 is 13.9 Å². The molecule has 0 saturated carbocycles. The van der Waals surface area contributed by atoms with Crippen molar-refractivity contribution in [2.75, 3.05) is 38.9 Å². The first-order valence-electron chi connectivity index (χ1n) is 6.37. The van der Waals surface area contributed by atoms with Gasteiger partial charge in [0.05, 0.1) is 18.9 Å². The number of anilines is 1. The molecule has 4 nitrogen and oxygen atoms in total. The molecule has 0 aliphatic rings. The molecule has 0 spiro atoms. The molecule has 0 heterocycles. The van der Waals surface area contributed by atoms with Crippen LogP contribution in [0.15, 0.2) is 18.2 Å². The molecule has 108 valence electrons. The van der Waals surface area contributed by atoms with E-state index in [1.54, 1.807) is 20.3 Å². The molecule has 1 aromatic rings. The minimum Gasteiger partial charge on any atom is -0.383 e. The first-order valence-corrected chi connectivity index (χ1v) is 6.37. The zero-order chi connectivity index (χ0) is 14.3. The van der Waals surface area contributed by atoms with Crippen LogP contribution in [-0.4, -0.2) is 40.0 Å². The SMILES string of the molecule is COCCN(c1ccc(CN)cc1F)C(C)COC. The maximum Gasteiger partial charge on any atom is 0.146 e. The first kappa shape index (κ1) is 15.9. The predicted molar refractivity (Wildman–Crippen MR) is 74.9 cm³/mol. The highest BCUT2D eigenvalue weighted by Gasteiger charge is 2.17. The van der Waals surface area contributed by atoms with Gasteiger partial charge in [0, 0.05) is 33.4 Å². The zero-order valence-electron chi connectivity index (χ0n) is 11.9. The fraction of sp³-hybridized carbons (Fsp3) is 0.571. The van der Waals surface area contributed by atoms with Gasteiger partial charge in [0.15, 0.2) is 0 Å². The molecule has 0 amide bonds. The Bertz CT molecular complexity index is 388. The molecule has 0 saturated heterocycles. The van der Waals surface area contributed by atoms with Crippen LogP contribution in [0.25, 0.3) is 0 Å². The summed E-state index contributed by atoms with van der Waals surface area (Å²) in [5, 5.41) is 0. The maximum absolute atomic E-state index is 14.1. The van der Waals surface area contributed by atoms with Crippen LogP contribution in [0.2, 0.25) is 0 Å².